The van der Waals surface area contributed by atoms with Crippen molar-refractivity contribution in [3.8, 4) is 5.75 Å². The zero-order valence-corrected chi connectivity index (χ0v) is 16.2. The number of hydrogen-bond donors (Lipinski definition) is 2. The molecule has 0 aliphatic carbocycles. The van der Waals surface area contributed by atoms with Crippen LogP contribution >= 0.6 is 0 Å². The van der Waals surface area contributed by atoms with E-state index in [1.807, 2.05) is 38.1 Å². The number of nitrogens with zero attached hydrogens (tertiary/aromatic N) is 2. The number of ether oxygens (including phenoxy) is 2. The Hall–Kier alpha value is -3.61. The second-order valence-corrected chi connectivity index (χ2v) is 6.21. The van der Waals surface area contributed by atoms with Crippen LogP contribution in [0.2, 0.25) is 0 Å². The van der Waals surface area contributed by atoms with E-state index in [1.165, 1.54) is 7.11 Å². The number of rotatable bonds is 6. The fraction of sp³-hybridized carbons (Fsp3) is 0.190. The van der Waals surface area contributed by atoms with E-state index in [9.17, 15) is 4.79 Å². The molecule has 0 radical (unpaired) electrons. The Morgan fingerprint density at radius 2 is 1.71 bits per heavy atom. The lowest BCUT2D eigenvalue weighted by molar-refractivity contribution is 0.0602. The van der Waals surface area contributed by atoms with Crippen LogP contribution in [0.1, 0.15) is 21.6 Å². The Labute approximate surface area is 163 Å². The lowest BCUT2D eigenvalue weighted by Crippen LogP contribution is -2.07. The summed E-state index contributed by atoms with van der Waals surface area (Å²) in [5.74, 6) is 1.25. The second kappa shape index (κ2) is 8.39. The Morgan fingerprint density at radius 1 is 0.929 bits per heavy atom. The molecule has 0 saturated heterocycles. The summed E-state index contributed by atoms with van der Waals surface area (Å²) < 4.78 is 10.2. The summed E-state index contributed by atoms with van der Waals surface area (Å²) in [5.41, 5.74) is 3.65. The van der Waals surface area contributed by atoms with Gasteiger partial charge < -0.3 is 20.1 Å². The van der Waals surface area contributed by atoms with Gasteiger partial charge in [0.1, 0.15) is 11.6 Å². The molecule has 2 aromatic carbocycles. The molecule has 0 fully saturated rings. The minimum absolute atomic E-state index is 0.418. The quantitative estimate of drug-likeness (QED) is 0.616. The van der Waals surface area contributed by atoms with Gasteiger partial charge in [0.2, 0.25) is 5.95 Å². The molecule has 0 bridgehead atoms. The van der Waals surface area contributed by atoms with E-state index in [-0.39, 0.29) is 0 Å². The fourth-order valence-corrected chi connectivity index (χ4v) is 2.75. The maximum absolute atomic E-state index is 12.0. The molecule has 0 aliphatic heterocycles. The Kier molecular flexibility index (Phi) is 5.74. The largest absolute Gasteiger partial charge is 0.495 e. The third-order valence-electron chi connectivity index (χ3n) is 4.05. The van der Waals surface area contributed by atoms with Crippen LogP contribution in [-0.2, 0) is 4.74 Å². The molecule has 0 aliphatic rings. The average Bonchev–Trinajstić information content (AvgIpc) is 2.67. The van der Waals surface area contributed by atoms with Crippen LogP contribution in [0, 0.1) is 13.8 Å². The first-order chi connectivity index (χ1) is 13.5. The summed E-state index contributed by atoms with van der Waals surface area (Å²) in [5, 5.41) is 6.37. The lowest BCUT2D eigenvalue weighted by atomic mass is 10.2. The van der Waals surface area contributed by atoms with E-state index in [2.05, 4.69) is 20.6 Å². The third-order valence-corrected chi connectivity index (χ3v) is 4.05. The van der Waals surface area contributed by atoms with Crippen LogP contribution < -0.4 is 15.4 Å². The lowest BCUT2D eigenvalue weighted by Gasteiger charge is -2.14. The van der Waals surface area contributed by atoms with Gasteiger partial charge in [0.05, 0.1) is 31.2 Å². The van der Waals surface area contributed by atoms with Gasteiger partial charge in [-0.2, -0.15) is 4.98 Å². The summed E-state index contributed by atoms with van der Waals surface area (Å²) in [6.45, 7) is 3.87. The van der Waals surface area contributed by atoms with Crippen LogP contribution in [0.15, 0.2) is 48.5 Å². The Bertz CT molecular complexity index is 1000. The number of methoxy groups -OCH3 is 2. The van der Waals surface area contributed by atoms with Crippen molar-refractivity contribution in [1.82, 2.24) is 9.97 Å². The number of para-hydroxylation sites is 1. The number of esters is 1. The van der Waals surface area contributed by atoms with Crippen molar-refractivity contribution < 1.29 is 14.3 Å². The van der Waals surface area contributed by atoms with Crippen LogP contribution in [-0.4, -0.2) is 30.2 Å². The molecule has 3 rings (SSSR count). The molecule has 0 atom stereocenters. The third kappa shape index (κ3) is 4.37. The topological polar surface area (TPSA) is 85.4 Å². The van der Waals surface area contributed by atoms with Crippen molar-refractivity contribution in [2.75, 3.05) is 24.9 Å². The predicted octanol–water partition coefficient (Wildman–Crippen LogP) is 4.38. The van der Waals surface area contributed by atoms with Gasteiger partial charge in [0.25, 0.3) is 0 Å². The van der Waals surface area contributed by atoms with Crippen LogP contribution in [0.4, 0.5) is 23.1 Å². The highest BCUT2D eigenvalue weighted by Gasteiger charge is 2.13. The Morgan fingerprint density at radius 3 is 2.46 bits per heavy atom. The van der Waals surface area contributed by atoms with Crippen LogP contribution in [0.25, 0.3) is 0 Å². The van der Waals surface area contributed by atoms with Gasteiger partial charge in [0, 0.05) is 11.8 Å². The maximum atomic E-state index is 12.0. The zero-order valence-electron chi connectivity index (χ0n) is 16.2. The monoisotopic (exact) mass is 378 g/mol. The standard InChI is InChI=1S/C21H22N4O3/c1-13-9-10-18(27-3)17(11-13)24-21-22-14(2)12-19(25-21)23-16-8-6-5-7-15(16)20(26)28-4/h5-12H,1-4H3,(H2,22,23,24,25). The number of anilines is 4. The van der Waals surface area contributed by atoms with Gasteiger partial charge in [-0.3, -0.25) is 0 Å². The minimum Gasteiger partial charge on any atom is -0.495 e. The molecule has 0 spiro atoms. The summed E-state index contributed by atoms with van der Waals surface area (Å²) in [7, 11) is 2.97. The van der Waals surface area contributed by atoms with Crippen molar-refractivity contribution in [3.05, 3.63) is 65.4 Å². The van der Waals surface area contributed by atoms with Crippen molar-refractivity contribution >= 4 is 29.1 Å². The number of benzene rings is 2. The first-order valence-electron chi connectivity index (χ1n) is 8.72. The highest BCUT2D eigenvalue weighted by Crippen LogP contribution is 2.28. The van der Waals surface area contributed by atoms with Gasteiger partial charge in [-0.25, -0.2) is 9.78 Å². The van der Waals surface area contributed by atoms with Crippen molar-refractivity contribution in [2.24, 2.45) is 0 Å². The first kappa shape index (κ1) is 19.2. The predicted molar refractivity (Wildman–Crippen MR) is 109 cm³/mol. The summed E-state index contributed by atoms with van der Waals surface area (Å²) in [4.78, 5) is 20.9. The Balaban J connectivity index is 1.91. The molecule has 7 nitrogen and oxygen atoms in total. The molecule has 0 saturated carbocycles. The van der Waals surface area contributed by atoms with Gasteiger partial charge in [-0.05, 0) is 43.7 Å². The van der Waals surface area contributed by atoms with E-state index in [1.54, 1.807) is 31.4 Å². The fourth-order valence-electron chi connectivity index (χ4n) is 2.75. The number of aromatic nitrogens is 2. The molecule has 1 heterocycles. The zero-order chi connectivity index (χ0) is 20.1. The summed E-state index contributed by atoms with van der Waals surface area (Å²) in [6.07, 6.45) is 0. The number of nitrogens with one attached hydrogen (secondary N) is 2. The number of carbonyl (C=O) groups is 1. The van der Waals surface area contributed by atoms with Gasteiger partial charge >= 0.3 is 5.97 Å². The van der Waals surface area contributed by atoms with Crippen LogP contribution in [0.5, 0.6) is 5.75 Å². The maximum Gasteiger partial charge on any atom is 0.339 e. The molecule has 28 heavy (non-hydrogen) atoms. The molecule has 0 amide bonds. The molecular formula is C21H22N4O3. The second-order valence-electron chi connectivity index (χ2n) is 6.21. The van der Waals surface area contributed by atoms with Gasteiger partial charge in [0.15, 0.2) is 0 Å². The normalized spacial score (nSPS) is 10.3. The summed E-state index contributed by atoms with van der Waals surface area (Å²) in [6, 6.07) is 14.7. The smallest absolute Gasteiger partial charge is 0.339 e. The van der Waals surface area contributed by atoms with Gasteiger partial charge in [-0.1, -0.05) is 18.2 Å². The minimum atomic E-state index is -0.420. The highest BCUT2D eigenvalue weighted by molar-refractivity contribution is 5.96. The van der Waals surface area contributed by atoms with Crippen molar-refractivity contribution in [3.63, 3.8) is 0 Å². The SMILES string of the molecule is COC(=O)c1ccccc1Nc1cc(C)nc(Nc2cc(C)ccc2OC)n1. The number of hydrogen-bond acceptors (Lipinski definition) is 7. The van der Waals surface area contributed by atoms with Crippen LogP contribution in [0.3, 0.4) is 0 Å². The molecular weight excluding hydrogens is 356 g/mol. The molecule has 2 N–H and O–H groups in total. The molecule has 144 valence electrons. The average molecular weight is 378 g/mol. The van der Waals surface area contributed by atoms with E-state index in [0.717, 1.165) is 16.9 Å². The van der Waals surface area contributed by atoms with E-state index >= 15 is 0 Å². The van der Waals surface area contributed by atoms with Gasteiger partial charge in [-0.15, -0.1) is 0 Å². The number of aryl methyl sites for hydroxylation is 2. The highest BCUT2D eigenvalue weighted by atomic mass is 16.5. The van der Waals surface area contributed by atoms with E-state index in [4.69, 9.17) is 9.47 Å². The molecule has 1 aromatic heterocycles. The molecule has 3 aromatic rings. The van der Waals surface area contributed by atoms with Crippen molar-refractivity contribution in [2.45, 2.75) is 13.8 Å². The number of carbonyl (C=O) groups excluding carboxylic acids is 1. The first-order valence-corrected chi connectivity index (χ1v) is 8.72. The summed E-state index contributed by atoms with van der Waals surface area (Å²) >= 11 is 0. The van der Waals surface area contributed by atoms with Crippen molar-refractivity contribution in [1.29, 1.82) is 0 Å². The molecule has 7 heteroatoms. The van der Waals surface area contributed by atoms with E-state index < -0.39 is 5.97 Å². The molecule has 0 unspecified atom stereocenters. The van der Waals surface area contributed by atoms with E-state index in [0.29, 0.717) is 28.8 Å².